The molecule has 0 radical (unpaired) electrons. The van der Waals surface area contributed by atoms with Gasteiger partial charge in [0.1, 0.15) is 17.5 Å². The van der Waals surface area contributed by atoms with Crippen LogP contribution in [0.25, 0.3) is 0 Å². The molecule has 1 saturated heterocycles. The lowest BCUT2D eigenvalue weighted by Gasteiger charge is -2.31. The fourth-order valence-electron chi connectivity index (χ4n) is 2.83. The minimum absolute atomic E-state index is 0.329. The number of nitrogens with zero attached hydrogens (tertiary/aromatic N) is 3. The number of carbonyl (C=O) groups is 1. The third kappa shape index (κ3) is 3.77. The molecule has 1 fully saturated rings. The number of aromatic nitrogens is 2. The van der Waals surface area contributed by atoms with E-state index in [0.29, 0.717) is 12.4 Å². The summed E-state index contributed by atoms with van der Waals surface area (Å²) in [5.41, 5.74) is 0.957. The van der Waals surface area contributed by atoms with E-state index >= 15 is 0 Å². The van der Waals surface area contributed by atoms with Crippen LogP contribution in [0, 0.1) is 12.8 Å². The Morgan fingerprint density at radius 3 is 2.83 bits per heavy atom. The van der Waals surface area contributed by atoms with E-state index in [2.05, 4.69) is 15.3 Å². The summed E-state index contributed by atoms with van der Waals surface area (Å²) in [6.07, 6.45) is 1.59. The second kappa shape index (κ2) is 6.64. The van der Waals surface area contributed by atoms with Gasteiger partial charge in [-0.3, -0.25) is 4.79 Å². The number of hydrogen-bond donors (Lipinski definition) is 2. The van der Waals surface area contributed by atoms with E-state index in [-0.39, 0.29) is 5.92 Å². The summed E-state index contributed by atoms with van der Waals surface area (Å²) in [4.78, 5) is 22.2. The Morgan fingerprint density at radius 1 is 1.30 bits per heavy atom. The summed E-state index contributed by atoms with van der Waals surface area (Å²) in [5, 5.41) is 12.5. The molecule has 0 spiro atoms. The highest BCUT2D eigenvalue weighted by Gasteiger charge is 2.26. The molecule has 1 atom stereocenters. The van der Waals surface area contributed by atoms with Gasteiger partial charge in [0.2, 0.25) is 0 Å². The fraction of sp³-hybridized carbons (Fsp3) is 0.353. The van der Waals surface area contributed by atoms with Gasteiger partial charge in [0, 0.05) is 24.8 Å². The van der Waals surface area contributed by atoms with Crippen molar-refractivity contribution in [3.8, 4) is 0 Å². The van der Waals surface area contributed by atoms with Gasteiger partial charge in [-0.1, -0.05) is 18.2 Å². The molecule has 23 heavy (non-hydrogen) atoms. The van der Waals surface area contributed by atoms with Crippen molar-refractivity contribution in [3.63, 3.8) is 0 Å². The Balaban J connectivity index is 1.81. The van der Waals surface area contributed by atoms with Crippen molar-refractivity contribution in [1.29, 1.82) is 0 Å². The number of anilines is 3. The lowest BCUT2D eigenvalue weighted by atomic mass is 9.98. The van der Waals surface area contributed by atoms with Gasteiger partial charge in [-0.25, -0.2) is 9.97 Å². The molecule has 0 amide bonds. The number of piperidine rings is 1. The van der Waals surface area contributed by atoms with Crippen molar-refractivity contribution in [2.45, 2.75) is 19.8 Å². The first-order chi connectivity index (χ1) is 11.1. The maximum atomic E-state index is 11.2. The van der Waals surface area contributed by atoms with E-state index in [0.717, 1.165) is 36.7 Å². The van der Waals surface area contributed by atoms with Crippen molar-refractivity contribution in [3.05, 3.63) is 42.2 Å². The van der Waals surface area contributed by atoms with Crippen molar-refractivity contribution in [1.82, 2.24) is 9.97 Å². The van der Waals surface area contributed by atoms with Gasteiger partial charge in [0.25, 0.3) is 0 Å². The summed E-state index contributed by atoms with van der Waals surface area (Å²) in [6, 6.07) is 11.7. The smallest absolute Gasteiger partial charge is 0.308 e. The first-order valence-corrected chi connectivity index (χ1v) is 7.77. The average Bonchev–Trinajstić information content (AvgIpc) is 2.55. The van der Waals surface area contributed by atoms with Crippen LogP contribution in [-0.4, -0.2) is 34.1 Å². The van der Waals surface area contributed by atoms with Crippen LogP contribution in [0.5, 0.6) is 0 Å². The number of nitrogens with one attached hydrogen (secondary N) is 1. The first-order valence-electron chi connectivity index (χ1n) is 7.77. The molecule has 0 saturated carbocycles. The van der Waals surface area contributed by atoms with Crippen molar-refractivity contribution >= 4 is 23.3 Å². The topological polar surface area (TPSA) is 78.4 Å². The Morgan fingerprint density at radius 2 is 2.09 bits per heavy atom. The fourth-order valence-corrected chi connectivity index (χ4v) is 2.83. The Hall–Kier alpha value is -2.63. The normalized spacial score (nSPS) is 17.8. The summed E-state index contributed by atoms with van der Waals surface area (Å²) >= 11 is 0. The number of rotatable bonds is 4. The van der Waals surface area contributed by atoms with Crippen LogP contribution >= 0.6 is 0 Å². The quantitative estimate of drug-likeness (QED) is 0.904. The van der Waals surface area contributed by atoms with E-state index in [4.69, 9.17) is 0 Å². The second-order valence-corrected chi connectivity index (χ2v) is 5.77. The molecule has 2 heterocycles. The third-order valence-corrected chi connectivity index (χ3v) is 3.97. The first kappa shape index (κ1) is 15.3. The van der Waals surface area contributed by atoms with Crippen LogP contribution in [0.3, 0.4) is 0 Å². The maximum Gasteiger partial charge on any atom is 0.308 e. The van der Waals surface area contributed by atoms with Gasteiger partial charge in [-0.15, -0.1) is 0 Å². The van der Waals surface area contributed by atoms with Gasteiger partial charge in [0.15, 0.2) is 0 Å². The summed E-state index contributed by atoms with van der Waals surface area (Å²) in [6.45, 7) is 3.17. The van der Waals surface area contributed by atoms with Crippen LogP contribution in [-0.2, 0) is 4.79 Å². The molecular weight excluding hydrogens is 292 g/mol. The van der Waals surface area contributed by atoms with E-state index in [1.165, 1.54) is 0 Å². The van der Waals surface area contributed by atoms with Crippen LogP contribution in [0.4, 0.5) is 17.3 Å². The minimum Gasteiger partial charge on any atom is -0.481 e. The van der Waals surface area contributed by atoms with Crippen LogP contribution in [0.15, 0.2) is 36.4 Å². The molecule has 0 aliphatic carbocycles. The maximum absolute atomic E-state index is 11.2. The SMILES string of the molecule is Cc1nc(Nc2ccccc2)cc(N2CCCC(C(=O)O)C2)n1. The van der Waals surface area contributed by atoms with Crippen LogP contribution in [0.2, 0.25) is 0 Å². The summed E-state index contributed by atoms with van der Waals surface area (Å²) in [7, 11) is 0. The number of benzene rings is 1. The summed E-state index contributed by atoms with van der Waals surface area (Å²) < 4.78 is 0. The van der Waals surface area contributed by atoms with Gasteiger partial charge in [-0.2, -0.15) is 0 Å². The monoisotopic (exact) mass is 312 g/mol. The molecule has 6 nitrogen and oxygen atoms in total. The summed E-state index contributed by atoms with van der Waals surface area (Å²) in [5.74, 6) is 1.10. The number of para-hydroxylation sites is 1. The highest BCUT2D eigenvalue weighted by Crippen LogP contribution is 2.24. The molecule has 2 aromatic rings. The van der Waals surface area contributed by atoms with Gasteiger partial charge in [0.05, 0.1) is 5.92 Å². The van der Waals surface area contributed by atoms with E-state index in [1.807, 2.05) is 48.2 Å². The predicted octanol–water partition coefficient (Wildman–Crippen LogP) is 2.83. The zero-order valence-corrected chi connectivity index (χ0v) is 13.1. The van der Waals surface area contributed by atoms with Gasteiger partial charge < -0.3 is 15.3 Å². The zero-order chi connectivity index (χ0) is 16.2. The lowest BCUT2D eigenvalue weighted by molar-refractivity contribution is -0.141. The van der Waals surface area contributed by atoms with Crippen molar-refractivity contribution in [2.75, 3.05) is 23.3 Å². The number of carboxylic acids is 1. The lowest BCUT2D eigenvalue weighted by Crippen LogP contribution is -2.39. The molecule has 2 N–H and O–H groups in total. The second-order valence-electron chi connectivity index (χ2n) is 5.77. The average molecular weight is 312 g/mol. The third-order valence-electron chi connectivity index (χ3n) is 3.97. The molecule has 1 unspecified atom stereocenters. The zero-order valence-electron chi connectivity index (χ0n) is 13.1. The number of hydrogen-bond acceptors (Lipinski definition) is 5. The number of aliphatic carboxylic acids is 1. The van der Waals surface area contributed by atoms with Gasteiger partial charge in [-0.05, 0) is 31.9 Å². The molecule has 1 aliphatic rings. The van der Waals surface area contributed by atoms with Crippen molar-refractivity contribution in [2.24, 2.45) is 5.92 Å². The van der Waals surface area contributed by atoms with E-state index in [1.54, 1.807) is 0 Å². The Bertz CT molecular complexity index is 690. The molecule has 120 valence electrons. The van der Waals surface area contributed by atoms with E-state index < -0.39 is 5.97 Å². The van der Waals surface area contributed by atoms with E-state index in [9.17, 15) is 9.90 Å². The minimum atomic E-state index is -0.733. The van der Waals surface area contributed by atoms with Crippen LogP contribution in [0.1, 0.15) is 18.7 Å². The Kier molecular flexibility index (Phi) is 4.41. The molecule has 1 aromatic heterocycles. The number of aryl methyl sites for hydroxylation is 1. The molecule has 1 aromatic carbocycles. The Labute approximate surface area is 135 Å². The highest BCUT2D eigenvalue weighted by molar-refractivity contribution is 5.71. The van der Waals surface area contributed by atoms with Gasteiger partial charge >= 0.3 is 5.97 Å². The molecule has 1 aliphatic heterocycles. The largest absolute Gasteiger partial charge is 0.481 e. The molecule has 6 heteroatoms. The van der Waals surface area contributed by atoms with Crippen molar-refractivity contribution < 1.29 is 9.90 Å². The van der Waals surface area contributed by atoms with Crippen LogP contribution < -0.4 is 10.2 Å². The molecule has 0 bridgehead atoms. The standard InChI is InChI=1S/C17H20N4O2/c1-12-18-15(20-14-7-3-2-4-8-14)10-16(19-12)21-9-5-6-13(11-21)17(22)23/h2-4,7-8,10,13H,5-6,9,11H2,1H3,(H,22,23)(H,18,19,20). The molecular formula is C17H20N4O2. The predicted molar refractivity (Wildman–Crippen MR) is 89.1 cm³/mol. The number of carboxylic acid groups (broad SMARTS) is 1. The molecule has 3 rings (SSSR count). The highest BCUT2D eigenvalue weighted by atomic mass is 16.4.